The van der Waals surface area contributed by atoms with Gasteiger partial charge in [-0.3, -0.25) is 14.5 Å². The van der Waals surface area contributed by atoms with E-state index in [1.807, 2.05) is 0 Å². The van der Waals surface area contributed by atoms with Crippen molar-refractivity contribution in [2.75, 3.05) is 0 Å². The molecule has 1 atom stereocenters. The van der Waals surface area contributed by atoms with Gasteiger partial charge < -0.3 is 5.32 Å². The summed E-state index contributed by atoms with van der Waals surface area (Å²) in [6, 6.07) is -0.217. The SMILES string of the molecule is C=CC(C1=CCCCC1)N1C(=O)CC(=O)NC1=S. The number of nitrogens with one attached hydrogen (secondary N) is 1. The van der Waals surface area contributed by atoms with E-state index in [2.05, 4.69) is 18.0 Å². The van der Waals surface area contributed by atoms with Gasteiger partial charge in [-0.2, -0.15) is 0 Å². The van der Waals surface area contributed by atoms with Crippen molar-refractivity contribution in [1.82, 2.24) is 10.2 Å². The monoisotopic (exact) mass is 264 g/mol. The molecule has 1 aliphatic carbocycles. The molecule has 2 rings (SSSR count). The van der Waals surface area contributed by atoms with E-state index >= 15 is 0 Å². The van der Waals surface area contributed by atoms with Crippen LogP contribution in [0.15, 0.2) is 24.3 Å². The molecule has 2 amide bonds. The van der Waals surface area contributed by atoms with Gasteiger partial charge in [-0.1, -0.05) is 12.2 Å². The van der Waals surface area contributed by atoms with Crippen molar-refractivity contribution in [3.63, 3.8) is 0 Å². The maximum absolute atomic E-state index is 12.0. The maximum atomic E-state index is 12.0. The predicted molar refractivity (Wildman–Crippen MR) is 72.7 cm³/mol. The summed E-state index contributed by atoms with van der Waals surface area (Å²) in [6.07, 6.45) is 8.02. The van der Waals surface area contributed by atoms with E-state index in [1.54, 1.807) is 6.08 Å². The highest BCUT2D eigenvalue weighted by Crippen LogP contribution is 2.25. The quantitative estimate of drug-likeness (QED) is 0.479. The van der Waals surface area contributed by atoms with E-state index in [4.69, 9.17) is 12.2 Å². The molecule has 1 heterocycles. The molecule has 1 fully saturated rings. The molecule has 5 heteroatoms. The first-order chi connectivity index (χ1) is 8.63. The number of carbonyl (C=O) groups excluding carboxylic acids is 2. The second-order valence-corrected chi connectivity index (χ2v) is 4.89. The molecular formula is C13H16N2O2S. The summed E-state index contributed by atoms with van der Waals surface area (Å²) in [5, 5.41) is 2.72. The number of nitrogens with zero attached hydrogens (tertiary/aromatic N) is 1. The molecule has 2 aliphatic rings. The summed E-state index contributed by atoms with van der Waals surface area (Å²) in [5.41, 5.74) is 1.17. The van der Waals surface area contributed by atoms with Crippen LogP contribution in [0.4, 0.5) is 0 Å². The minimum Gasteiger partial charge on any atom is -0.302 e. The Bertz CT molecular complexity index is 422. The number of thiocarbonyl (C=S) groups is 1. The van der Waals surface area contributed by atoms with Crippen LogP contribution in [0.1, 0.15) is 32.1 Å². The Morgan fingerprint density at radius 2 is 2.22 bits per heavy atom. The highest BCUT2D eigenvalue weighted by Gasteiger charge is 2.33. The third-order valence-electron chi connectivity index (χ3n) is 3.25. The predicted octanol–water partition coefficient (Wildman–Crippen LogP) is 1.67. The van der Waals surface area contributed by atoms with Crippen LogP contribution in [0.5, 0.6) is 0 Å². The minimum atomic E-state index is -0.332. The van der Waals surface area contributed by atoms with Crippen molar-refractivity contribution in [3.8, 4) is 0 Å². The summed E-state index contributed by atoms with van der Waals surface area (Å²) in [6.45, 7) is 3.79. The van der Waals surface area contributed by atoms with Crippen molar-refractivity contribution < 1.29 is 9.59 Å². The normalized spacial score (nSPS) is 22.3. The zero-order valence-electron chi connectivity index (χ0n) is 10.1. The average Bonchev–Trinajstić information content (AvgIpc) is 2.34. The lowest BCUT2D eigenvalue weighted by Gasteiger charge is -2.35. The van der Waals surface area contributed by atoms with Gasteiger partial charge in [-0.15, -0.1) is 6.58 Å². The number of rotatable bonds is 3. The second kappa shape index (κ2) is 5.44. The molecule has 0 saturated carbocycles. The topological polar surface area (TPSA) is 49.4 Å². The zero-order valence-corrected chi connectivity index (χ0v) is 11.0. The maximum Gasteiger partial charge on any atom is 0.239 e. The zero-order chi connectivity index (χ0) is 13.1. The Hall–Kier alpha value is -1.49. The molecule has 0 bridgehead atoms. The molecular weight excluding hydrogens is 248 g/mol. The Morgan fingerprint density at radius 3 is 2.78 bits per heavy atom. The fraction of sp³-hybridized carbons (Fsp3) is 0.462. The first-order valence-electron chi connectivity index (χ1n) is 6.11. The molecule has 1 unspecified atom stereocenters. The lowest BCUT2D eigenvalue weighted by atomic mass is 9.92. The highest BCUT2D eigenvalue weighted by atomic mass is 32.1. The molecule has 18 heavy (non-hydrogen) atoms. The van der Waals surface area contributed by atoms with Crippen LogP contribution in [0, 0.1) is 0 Å². The summed E-state index contributed by atoms with van der Waals surface area (Å²) >= 11 is 5.09. The molecule has 0 aromatic rings. The van der Waals surface area contributed by atoms with E-state index in [-0.39, 0.29) is 29.4 Å². The third-order valence-corrected chi connectivity index (χ3v) is 3.55. The van der Waals surface area contributed by atoms with Crippen LogP contribution < -0.4 is 5.32 Å². The van der Waals surface area contributed by atoms with Crippen molar-refractivity contribution in [2.45, 2.75) is 38.1 Å². The Morgan fingerprint density at radius 1 is 1.44 bits per heavy atom. The molecule has 0 aromatic carbocycles. The number of hydrogen-bond donors (Lipinski definition) is 1. The molecule has 4 nitrogen and oxygen atoms in total. The van der Waals surface area contributed by atoms with Crippen molar-refractivity contribution in [1.29, 1.82) is 0 Å². The molecule has 0 radical (unpaired) electrons. The van der Waals surface area contributed by atoms with Gasteiger partial charge in [-0.05, 0) is 43.5 Å². The summed E-state index contributed by atoms with van der Waals surface area (Å²) < 4.78 is 0. The summed E-state index contributed by atoms with van der Waals surface area (Å²) in [5.74, 6) is -0.582. The van der Waals surface area contributed by atoms with Gasteiger partial charge in [0.05, 0.1) is 6.04 Å². The fourth-order valence-corrected chi connectivity index (χ4v) is 2.72. The van der Waals surface area contributed by atoms with Crippen LogP contribution in [0.2, 0.25) is 0 Å². The van der Waals surface area contributed by atoms with E-state index < -0.39 is 0 Å². The van der Waals surface area contributed by atoms with Crippen LogP contribution in [0.25, 0.3) is 0 Å². The first-order valence-corrected chi connectivity index (χ1v) is 6.51. The van der Waals surface area contributed by atoms with Crippen LogP contribution >= 0.6 is 12.2 Å². The van der Waals surface area contributed by atoms with Gasteiger partial charge in [-0.25, -0.2) is 0 Å². The van der Waals surface area contributed by atoms with Crippen LogP contribution in [0.3, 0.4) is 0 Å². The van der Waals surface area contributed by atoms with Gasteiger partial charge in [0, 0.05) is 0 Å². The van der Waals surface area contributed by atoms with Gasteiger partial charge in [0.25, 0.3) is 0 Å². The fourth-order valence-electron chi connectivity index (χ4n) is 2.40. The van der Waals surface area contributed by atoms with E-state index in [1.165, 1.54) is 16.9 Å². The van der Waals surface area contributed by atoms with Gasteiger partial charge in [0.15, 0.2) is 5.11 Å². The van der Waals surface area contributed by atoms with Crippen LogP contribution in [-0.2, 0) is 9.59 Å². The van der Waals surface area contributed by atoms with Crippen LogP contribution in [-0.4, -0.2) is 27.9 Å². The molecule has 1 aliphatic heterocycles. The lowest BCUT2D eigenvalue weighted by Crippen LogP contribution is -2.56. The minimum absolute atomic E-state index is 0.141. The Labute approximate surface area is 112 Å². The van der Waals surface area contributed by atoms with Crippen molar-refractivity contribution >= 4 is 29.1 Å². The van der Waals surface area contributed by atoms with Crippen molar-refractivity contribution in [2.24, 2.45) is 0 Å². The van der Waals surface area contributed by atoms with Gasteiger partial charge in [0.1, 0.15) is 6.42 Å². The largest absolute Gasteiger partial charge is 0.302 e. The van der Waals surface area contributed by atoms with Crippen molar-refractivity contribution in [3.05, 3.63) is 24.3 Å². The molecule has 0 aromatic heterocycles. The standard InChI is InChI=1S/C13H16N2O2S/c1-2-10(9-6-4-3-5-7-9)15-12(17)8-11(16)14-13(15)18/h2,6,10H,1,3-5,7-8H2,(H,14,16,18). The number of hydrogen-bond acceptors (Lipinski definition) is 3. The van der Waals surface area contributed by atoms with E-state index in [0.29, 0.717) is 0 Å². The number of allylic oxidation sites excluding steroid dienone is 1. The van der Waals surface area contributed by atoms with Gasteiger partial charge in [0.2, 0.25) is 11.8 Å². The third kappa shape index (κ3) is 2.51. The van der Waals surface area contributed by atoms with E-state index in [9.17, 15) is 9.59 Å². The number of carbonyl (C=O) groups is 2. The summed E-state index contributed by atoms with van der Waals surface area (Å²) in [7, 11) is 0. The molecule has 96 valence electrons. The first kappa shape index (κ1) is 13.0. The average molecular weight is 264 g/mol. The second-order valence-electron chi connectivity index (χ2n) is 4.50. The lowest BCUT2D eigenvalue weighted by molar-refractivity contribution is -0.135. The molecule has 1 N–H and O–H groups in total. The number of amides is 2. The van der Waals surface area contributed by atoms with E-state index in [0.717, 1.165) is 19.3 Å². The highest BCUT2D eigenvalue weighted by molar-refractivity contribution is 7.80. The molecule has 0 spiro atoms. The Balaban J connectivity index is 2.23. The van der Waals surface area contributed by atoms with Gasteiger partial charge >= 0.3 is 0 Å². The smallest absolute Gasteiger partial charge is 0.239 e. The summed E-state index contributed by atoms with van der Waals surface area (Å²) in [4.78, 5) is 24.7. The Kier molecular flexibility index (Phi) is 3.91. The molecule has 1 saturated heterocycles.